The van der Waals surface area contributed by atoms with Crippen molar-refractivity contribution >= 4 is 34.1 Å². The summed E-state index contributed by atoms with van der Waals surface area (Å²) in [5, 5.41) is 4.68. The van der Waals surface area contributed by atoms with Crippen LogP contribution in [0.2, 0.25) is 5.15 Å². The topological polar surface area (TPSA) is 46.3 Å². The molecule has 4 heterocycles. The van der Waals surface area contributed by atoms with Crippen LogP contribution in [0.1, 0.15) is 18.0 Å². The Morgan fingerprint density at radius 3 is 2.79 bits per heavy atom. The summed E-state index contributed by atoms with van der Waals surface area (Å²) in [4.78, 5) is 10.5. The van der Waals surface area contributed by atoms with Gasteiger partial charge < -0.3 is 4.90 Å². The standard InChI is InChI=1S/C19H13ClF3N5/c20-16-4-3-14-18(24-16)19-25-17(5-6-28(19)26-14)27-9-11(22)8-15(27)12-7-10(21)1-2-13(12)23/h1-7,11,15H,8-9H2/t11-,15+/m0/s1. The van der Waals surface area contributed by atoms with E-state index in [0.717, 1.165) is 18.2 Å². The highest BCUT2D eigenvalue weighted by Crippen LogP contribution is 2.38. The minimum atomic E-state index is -1.18. The lowest BCUT2D eigenvalue weighted by atomic mass is 10.0. The summed E-state index contributed by atoms with van der Waals surface area (Å²) in [6.45, 7) is 0.0318. The van der Waals surface area contributed by atoms with Crippen LogP contribution < -0.4 is 4.90 Å². The van der Waals surface area contributed by atoms with E-state index in [1.54, 1.807) is 33.8 Å². The predicted molar refractivity (Wildman–Crippen MR) is 99.3 cm³/mol. The van der Waals surface area contributed by atoms with Crippen molar-refractivity contribution in [3.8, 4) is 0 Å². The number of aromatic nitrogens is 4. The zero-order valence-corrected chi connectivity index (χ0v) is 15.1. The molecule has 142 valence electrons. The Hall–Kier alpha value is -2.87. The number of hydrogen-bond donors (Lipinski definition) is 0. The Morgan fingerprint density at radius 2 is 1.93 bits per heavy atom. The molecule has 28 heavy (non-hydrogen) atoms. The molecule has 1 aromatic carbocycles. The second-order valence-electron chi connectivity index (χ2n) is 6.72. The van der Waals surface area contributed by atoms with Gasteiger partial charge in [0.05, 0.1) is 12.6 Å². The first-order valence-electron chi connectivity index (χ1n) is 8.67. The molecule has 3 aromatic heterocycles. The molecular formula is C19H13ClF3N5. The second kappa shape index (κ2) is 6.34. The summed E-state index contributed by atoms with van der Waals surface area (Å²) in [5.41, 5.74) is 1.70. The van der Waals surface area contributed by atoms with E-state index < -0.39 is 23.8 Å². The molecule has 5 nitrogen and oxygen atoms in total. The highest BCUT2D eigenvalue weighted by molar-refractivity contribution is 6.29. The number of alkyl halides is 1. The van der Waals surface area contributed by atoms with E-state index in [4.69, 9.17) is 11.6 Å². The van der Waals surface area contributed by atoms with Gasteiger partial charge in [0.2, 0.25) is 0 Å². The average molecular weight is 404 g/mol. The van der Waals surface area contributed by atoms with Crippen molar-refractivity contribution in [3.63, 3.8) is 0 Å². The highest BCUT2D eigenvalue weighted by atomic mass is 35.5. The van der Waals surface area contributed by atoms with Gasteiger partial charge in [-0.25, -0.2) is 27.7 Å². The molecule has 1 aliphatic heterocycles. The Labute approximate surface area is 162 Å². The van der Waals surface area contributed by atoms with E-state index in [1.807, 2.05) is 0 Å². The number of anilines is 1. The van der Waals surface area contributed by atoms with Gasteiger partial charge in [-0.15, -0.1) is 0 Å². The number of hydrogen-bond acceptors (Lipinski definition) is 4. The van der Waals surface area contributed by atoms with E-state index in [2.05, 4.69) is 15.1 Å². The Balaban J connectivity index is 1.64. The molecule has 5 rings (SSSR count). The van der Waals surface area contributed by atoms with E-state index in [-0.39, 0.29) is 18.5 Å². The Bertz CT molecular complexity index is 1210. The van der Waals surface area contributed by atoms with Crippen LogP contribution in [0.15, 0.2) is 42.6 Å². The largest absolute Gasteiger partial charge is 0.346 e. The van der Waals surface area contributed by atoms with E-state index >= 15 is 0 Å². The maximum atomic E-state index is 14.3. The lowest BCUT2D eigenvalue weighted by Gasteiger charge is -2.26. The number of rotatable bonds is 2. The van der Waals surface area contributed by atoms with Crippen LogP contribution >= 0.6 is 11.6 Å². The number of pyridine rings is 1. The molecule has 0 bridgehead atoms. The molecule has 0 aliphatic carbocycles. The van der Waals surface area contributed by atoms with Gasteiger partial charge in [-0.1, -0.05) is 11.6 Å². The van der Waals surface area contributed by atoms with Crippen LogP contribution in [0.25, 0.3) is 16.7 Å². The third-order valence-electron chi connectivity index (χ3n) is 4.93. The molecule has 0 N–H and O–H groups in total. The molecule has 1 aliphatic rings. The van der Waals surface area contributed by atoms with Crippen molar-refractivity contribution in [1.82, 2.24) is 19.6 Å². The number of benzene rings is 1. The molecular weight excluding hydrogens is 391 g/mol. The second-order valence-corrected chi connectivity index (χ2v) is 7.11. The van der Waals surface area contributed by atoms with Crippen LogP contribution in [0.5, 0.6) is 0 Å². The fourth-order valence-electron chi connectivity index (χ4n) is 3.70. The van der Waals surface area contributed by atoms with Gasteiger partial charge in [0.25, 0.3) is 0 Å². The molecule has 0 amide bonds. The first kappa shape index (κ1) is 17.2. The Kier molecular flexibility index (Phi) is 3.90. The first-order valence-corrected chi connectivity index (χ1v) is 9.05. The maximum absolute atomic E-state index is 14.3. The minimum absolute atomic E-state index is 0.0318. The monoisotopic (exact) mass is 403 g/mol. The highest BCUT2D eigenvalue weighted by Gasteiger charge is 2.36. The van der Waals surface area contributed by atoms with E-state index in [1.165, 1.54) is 0 Å². The average Bonchev–Trinajstić information content (AvgIpc) is 3.23. The van der Waals surface area contributed by atoms with Crippen molar-refractivity contribution < 1.29 is 13.2 Å². The van der Waals surface area contributed by atoms with E-state index in [9.17, 15) is 13.2 Å². The van der Waals surface area contributed by atoms with Gasteiger partial charge >= 0.3 is 0 Å². The molecule has 2 atom stereocenters. The fourth-order valence-corrected chi connectivity index (χ4v) is 3.85. The number of fused-ring (bicyclic) bond motifs is 3. The molecule has 9 heteroatoms. The quantitative estimate of drug-likeness (QED) is 0.462. The third-order valence-corrected chi connectivity index (χ3v) is 5.14. The Morgan fingerprint density at radius 1 is 1.07 bits per heavy atom. The SMILES string of the molecule is Fc1ccc(F)c([C@H]2C[C@H](F)CN2c2ccn3nc4ccc(Cl)nc4c3n2)c1. The first-order chi connectivity index (χ1) is 13.5. The van der Waals surface area contributed by atoms with Gasteiger partial charge in [-0.05, 0) is 36.4 Å². The van der Waals surface area contributed by atoms with Gasteiger partial charge in [0.15, 0.2) is 5.65 Å². The third kappa shape index (κ3) is 2.75. The summed E-state index contributed by atoms with van der Waals surface area (Å²) in [6.07, 6.45) is 0.551. The maximum Gasteiger partial charge on any atom is 0.183 e. The summed E-state index contributed by atoms with van der Waals surface area (Å²) < 4.78 is 43.8. The van der Waals surface area contributed by atoms with Crippen LogP contribution in [0.4, 0.5) is 19.0 Å². The van der Waals surface area contributed by atoms with Gasteiger partial charge in [-0.3, -0.25) is 0 Å². The zero-order chi connectivity index (χ0) is 19.4. The molecule has 0 unspecified atom stereocenters. The van der Waals surface area contributed by atoms with Crippen molar-refractivity contribution in [3.05, 3.63) is 64.9 Å². The molecule has 0 saturated carbocycles. The lowest BCUT2D eigenvalue weighted by molar-refractivity contribution is 0.355. The molecule has 0 radical (unpaired) electrons. The summed E-state index contributed by atoms with van der Waals surface area (Å²) in [6, 6.07) is 7.59. The van der Waals surface area contributed by atoms with E-state index in [0.29, 0.717) is 27.7 Å². The van der Waals surface area contributed by atoms with Crippen molar-refractivity contribution in [2.45, 2.75) is 18.6 Å². The van der Waals surface area contributed by atoms with Gasteiger partial charge in [0.1, 0.15) is 39.8 Å². The number of nitrogens with zero attached hydrogens (tertiary/aromatic N) is 5. The van der Waals surface area contributed by atoms with Gasteiger partial charge in [0, 0.05) is 18.2 Å². The van der Waals surface area contributed by atoms with Crippen LogP contribution in [0.3, 0.4) is 0 Å². The molecule has 0 spiro atoms. The van der Waals surface area contributed by atoms with Gasteiger partial charge in [-0.2, -0.15) is 5.10 Å². The molecule has 1 fully saturated rings. The fraction of sp³-hybridized carbons (Fsp3) is 0.211. The number of halogens is 4. The molecule has 1 saturated heterocycles. The van der Waals surface area contributed by atoms with Crippen LogP contribution in [0, 0.1) is 11.6 Å². The molecule has 4 aromatic rings. The van der Waals surface area contributed by atoms with Crippen LogP contribution in [-0.2, 0) is 0 Å². The van der Waals surface area contributed by atoms with Crippen LogP contribution in [-0.4, -0.2) is 32.3 Å². The summed E-state index contributed by atoms with van der Waals surface area (Å²) >= 11 is 5.98. The lowest BCUT2D eigenvalue weighted by Crippen LogP contribution is -2.25. The predicted octanol–water partition coefficient (Wildman–Crippen LogP) is 4.50. The summed E-state index contributed by atoms with van der Waals surface area (Å²) in [7, 11) is 0. The van der Waals surface area contributed by atoms with Crippen molar-refractivity contribution in [1.29, 1.82) is 0 Å². The van der Waals surface area contributed by atoms with Crippen molar-refractivity contribution in [2.24, 2.45) is 0 Å². The minimum Gasteiger partial charge on any atom is -0.346 e. The van der Waals surface area contributed by atoms with Crippen molar-refractivity contribution in [2.75, 3.05) is 11.4 Å². The summed E-state index contributed by atoms with van der Waals surface area (Å²) in [5.74, 6) is -0.706. The normalized spacial score (nSPS) is 19.8. The smallest absolute Gasteiger partial charge is 0.183 e. The zero-order valence-electron chi connectivity index (χ0n) is 14.4.